The monoisotopic (exact) mass is 268 g/mol. The van der Waals surface area contributed by atoms with Crippen LogP contribution in [0.25, 0.3) is 10.2 Å². The first kappa shape index (κ1) is 10.7. The van der Waals surface area contributed by atoms with Crippen molar-refractivity contribution in [1.29, 1.82) is 0 Å². The average Bonchev–Trinajstić information content (AvgIpc) is 2.49. The van der Waals surface area contributed by atoms with Crippen LogP contribution in [-0.2, 0) is 32.7 Å². The molecular weight excluding hydrogens is 265 g/mol. The van der Waals surface area contributed by atoms with E-state index >= 15 is 0 Å². The molecule has 6 heteroatoms. The van der Waals surface area contributed by atoms with Gasteiger partial charge in [-0.25, -0.2) is 0 Å². The molecule has 0 saturated carbocycles. The second-order valence-corrected chi connectivity index (χ2v) is 3.04. The molecule has 0 aliphatic rings. The summed E-state index contributed by atoms with van der Waals surface area (Å²) >= 11 is 1.28. The molecule has 1 radical (unpaired) electrons. The molecule has 63 valence electrons. The average molecular weight is 268 g/mol. The zero-order valence-electron chi connectivity index (χ0n) is 6.43. The minimum Gasteiger partial charge on any atom is -0.386 e. The van der Waals surface area contributed by atoms with Crippen LogP contribution in [0.3, 0.4) is 0 Å². The summed E-state index contributed by atoms with van der Waals surface area (Å²) < 4.78 is 0.796. The summed E-state index contributed by atoms with van der Waals surface area (Å²) in [5.74, 6) is 0. The Balaban J connectivity index is 0.000000845. The Labute approximate surface area is 103 Å². The van der Waals surface area contributed by atoms with Crippen LogP contribution in [0.1, 0.15) is 0 Å². The maximum atomic E-state index is 10.3. The molecule has 0 unspecified atom stereocenters. The molecule has 0 aliphatic carbocycles. The minimum absolute atomic E-state index is 0. The van der Waals surface area contributed by atoms with E-state index in [-0.39, 0.29) is 38.4 Å². The van der Waals surface area contributed by atoms with Crippen molar-refractivity contribution in [3.05, 3.63) is 33.8 Å². The molecule has 4 nitrogen and oxygen atoms in total. The van der Waals surface area contributed by atoms with Crippen molar-refractivity contribution in [1.82, 2.24) is 4.98 Å². The van der Waals surface area contributed by atoms with Crippen LogP contribution >= 0.6 is 11.3 Å². The molecule has 1 aromatic carbocycles. The van der Waals surface area contributed by atoms with E-state index in [1.807, 2.05) is 0 Å². The molecular formula is C7H3N2O2SY-. The van der Waals surface area contributed by atoms with E-state index in [9.17, 15) is 10.1 Å². The van der Waals surface area contributed by atoms with Crippen molar-refractivity contribution in [3.8, 4) is 0 Å². The number of thiazole rings is 1. The summed E-state index contributed by atoms with van der Waals surface area (Å²) in [6.07, 6.45) is 0. The molecule has 0 bridgehead atoms. The number of nitro groups is 1. The minimum atomic E-state index is -0.417. The van der Waals surface area contributed by atoms with Crippen molar-refractivity contribution >= 4 is 27.2 Å². The van der Waals surface area contributed by atoms with Crippen LogP contribution in [0.15, 0.2) is 18.2 Å². The standard InChI is InChI=1S/C7H3N2O2S.Y/c10-9(11)5-1-2-6-7(3-5)12-4-8-6;/h1-3H;/q-1;. The molecule has 0 amide bonds. The van der Waals surface area contributed by atoms with E-state index in [0.29, 0.717) is 0 Å². The van der Waals surface area contributed by atoms with E-state index in [2.05, 4.69) is 10.5 Å². The Kier molecular flexibility index (Phi) is 3.47. The maximum Gasteiger partial charge on any atom is 0.256 e. The van der Waals surface area contributed by atoms with Gasteiger partial charge >= 0.3 is 0 Å². The molecule has 2 aromatic rings. The van der Waals surface area contributed by atoms with Crippen molar-refractivity contribution in [3.63, 3.8) is 0 Å². The van der Waals surface area contributed by atoms with Gasteiger partial charge in [0.15, 0.2) is 0 Å². The van der Waals surface area contributed by atoms with Crippen LogP contribution in [0, 0.1) is 15.6 Å². The second-order valence-electron chi connectivity index (χ2n) is 2.21. The summed E-state index contributed by atoms with van der Waals surface area (Å²) in [5.41, 5.74) is 3.53. The van der Waals surface area contributed by atoms with Gasteiger partial charge in [-0.3, -0.25) is 21.5 Å². The Hall–Kier alpha value is -0.386. The van der Waals surface area contributed by atoms with Crippen LogP contribution < -0.4 is 0 Å². The summed E-state index contributed by atoms with van der Waals surface area (Å²) in [7, 11) is 0. The molecule has 2 rings (SSSR count). The normalized spacial score (nSPS) is 9.54. The van der Waals surface area contributed by atoms with E-state index in [0.717, 1.165) is 10.2 Å². The Morgan fingerprint density at radius 3 is 3.00 bits per heavy atom. The second kappa shape index (κ2) is 4.22. The van der Waals surface area contributed by atoms with Gasteiger partial charge in [0.2, 0.25) is 0 Å². The molecule has 1 heterocycles. The third-order valence-corrected chi connectivity index (χ3v) is 2.21. The number of benzene rings is 1. The number of rotatable bonds is 1. The number of hydrogen-bond donors (Lipinski definition) is 0. The predicted octanol–water partition coefficient (Wildman–Crippen LogP) is 2.00. The first-order chi connectivity index (χ1) is 5.77. The van der Waals surface area contributed by atoms with Gasteiger partial charge in [-0.1, -0.05) is 16.3 Å². The van der Waals surface area contributed by atoms with Gasteiger partial charge in [-0.15, -0.1) is 0 Å². The third-order valence-electron chi connectivity index (χ3n) is 1.48. The number of aromatic nitrogens is 1. The molecule has 0 N–H and O–H groups in total. The number of non-ortho nitro benzene ring substituents is 1. The van der Waals surface area contributed by atoms with Crippen molar-refractivity contribution < 1.29 is 37.6 Å². The van der Waals surface area contributed by atoms with Gasteiger partial charge < -0.3 is 4.98 Å². The molecule has 0 spiro atoms. The van der Waals surface area contributed by atoms with Crippen LogP contribution in [0.4, 0.5) is 5.69 Å². The SMILES string of the molecule is O=[N+]([O-])c1ccc2n[c-]sc2c1.[Y]. The zero-order chi connectivity index (χ0) is 8.55. The van der Waals surface area contributed by atoms with Crippen molar-refractivity contribution in [2.24, 2.45) is 0 Å². The summed E-state index contributed by atoms with van der Waals surface area (Å²) in [4.78, 5) is 13.8. The van der Waals surface area contributed by atoms with Crippen molar-refractivity contribution in [2.75, 3.05) is 0 Å². The van der Waals surface area contributed by atoms with E-state index in [1.54, 1.807) is 6.07 Å². The van der Waals surface area contributed by atoms with Crippen molar-refractivity contribution in [2.45, 2.75) is 0 Å². The van der Waals surface area contributed by atoms with Gasteiger partial charge in [0.05, 0.1) is 4.92 Å². The van der Waals surface area contributed by atoms with Gasteiger partial charge in [0.25, 0.3) is 5.69 Å². The molecule has 13 heavy (non-hydrogen) atoms. The topological polar surface area (TPSA) is 56.0 Å². The fourth-order valence-corrected chi connectivity index (χ4v) is 1.55. The molecule has 0 fully saturated rings. The van der Waals surface area contributed by atoms with Crippen LogP contribution in [0.5, 0.6) is 0 Å². The Morgan fingerprint density at radius 2 is 2.31 bits per heavy atom. The molecule has 0 aliphatic heterocycles. The van der Waals surface area contributed by atoms with Crippen LogP contribution in [-0.4, -0.2) is 9.91 Å². The first-order valence-electron chi connectivity index (χ1n) is 3.18. The summed E-state index contributed by atoms with van der Waals surface area (Å²) in [6, 6.07) is 4.57. The van der Waals surface area contributed by atoms with E-state index in [4.69, 9.17) is 0 Å². The Bertz CT molecular complexity index is 443. The predicted molar refractivity (Wildman–Crippen MR) is 45.1 cm³/mol. The third kappa shape index (κ3) is 2.10. The fourth-order valence-electron chi connectivity index (χ4n) is 0.912. The van der Waals surface area contributed by atoms with E-state index in [1.165, 1.54) is 23.5 Å². The maximum absolute atomic E-state index is 10.3. The smallest absolute Gasteiger partial charge is 0.256 e. The molecule has 1 aromatic heterocycles. The van der Waals surface area contributed by atoms with Gasteiger partial charge in [-0.2, -0.15) is 0 Å². The summed E-state index contributed by atoms with van der Waals surface area (Å²) in [6.45, 7) is 0. The van der Waals surface area contributed by atoms with E-state index < -0.39 is 4.92 Å². The molecule has 0 saturated heterocycles. The van der Waals surface area contributed by atoms with Gasteiger partial charge in [-0.05, 0) is 11.6 Å². The number of hydrogen-bond acceptors (Lipinski definition) is 4. The number of nitrogens with zero attached hydrogens (tertiary/aromatic N) is 2. The van der Waals surface area contributed by atoms with Gasteiger partial charge in [0.1, 0.15) is 0 Å². The van der Waals surface area contributed by atoms with Gasteiger partial charge in [0, 0.05) is 38.8 Å². The zero-order valence-corrected chi connectivity index (χ0v) is 10.1. The Morgan fingerprint density at radius 1 is 1.54 bits per heavy atom. The molecule has 0 atom stereocenters. The first-order valence-corrected chi connectivity index (χ1v) is 4.00. The fraction of sp³-hybridized carbons (Fsp3) is 0. The largest absolute Gasteiger partial charge is 0.386 e. The quantitative estimate of drug-likeness (QED) is 0.451. The number of nitro benzene ring substituents is 1. The summed E-state index contributed by atoms with van der Waals surface area (Å²) in [5, 5.41) is 10.3. The number of fused-ring (bicyclic) bond motifs is 1. The van der Waals surface area contributed by atoms with Crippen LogP contribution in [0.2, 0.25) is 0 Å².